The highest BCUT2D eigenvalue weighted by Gasteiger charge is 2.21. The van der Waals surface area contributed by atoms with E-state index in [2.05, 4.69) is 22.4 Å². The van der Waals surface area contributed by atoms with E-state index in [1.54, 1.807) is 18.3 Å². The first-order chi connectivity index (χ1) is 9.57. The number of rotatable bonds is 5. The van der Waals surface area contributed by atoms with Gasteiger partial charge in [0.1, 0.15) is 5.69 Å². The number of aromatic nitrogens is 1. The summed E-state index contributed by atoms with van der Waals surface area (Å²) in [5.41, 5.74) is 1.48. The molecule has 0 atom stereocenters. The van der Waals surface area contributed by atoms with Crippen LogP contribution in [0.25, 0.3) is 0 Å². The molecule has 0 aliphatic heterocycles. The Bertz CT molecular complexity index is 550. The Hall–Kier alpha value is -2.16. The van der Waals surface area contributed by atoms with Gasteiger partial charge in [0.05, 0.1) is 0 Å². The second kappa shape index (κ2) is 6.33. The smallest absolute Gasteiger partial charge is 0.270 e. The third-order valence-electron chi connectivity index (χ3n) is 3.23. The molecule has 0 bridgehead atoms. The molecule has 0 fully saturated rings. The summed E-state index contributed by atoms with van der Waals surface area (Å²) in [7, 11) is 0. The average Bonchev–Trinajstić information content (AvgIpc) is 2.47. The fourth-order valence-electron chi connectivity index (χ4n) is 2.03. The van der Waals surface area contributed by atoms with Crippen LogP contribution in [0.3, 0.4) is 0 Å². The lowest BCUT2D eigenvalue weighted by atomic mass is 9.95. The third kappa shape index (κ3) is 4.19. The van der Waals surface area contributed by atoms with Crippen molar-refractivity contribution in [2.45, 2.75) is 32.2 Å². The minimum absolute atomic E-state index is 0.122. The summed E-state index contributed by atoms with van der Waals surface area (Å²) >= 11 is 0. The molecule has 0 unspecified atom stereocenters. The lowest BCUT2D eigenvalue weighted by Gasteiger charge is -2.26. The molecule has 2 aromatic rings. The van der Waals surface area contributed by atoms with Gasteiger partial charge in [-0.2, -0.15) is 0 Å². The molecule has 20 heavy (non-hydrogen) atoms. The van der Waals surface area contributed by atoms with Crippen molar-refractivity contribution in [3.63, 3.8) is 0 Å². The summed E-state index contributed by atoms with van der Waals surface area (Å²) in [4.78, 5) is 16.2. The van der Waals surface area contributed by atoms with E-state index in [0.717, 1.165) is 12.8 Å². The van der Waals surface area contributed by atoms with Gasteiger partial charge >= 0.3 is 0 Å². The van der Waals surface area contributed by atoms with Crippen molar-refractivity contribution < 1.29 is 4.79 Å². The molecule has 1 heterocycles. The van der Waals surface area contributed by atoms with E-state index >= 15 is 0 Å². The van der Waals surface area contributed by atoms with Gasteiger partial charge in [-0.15, -0.1) is 0 Å². The Balaban J connectivity index is 1.92. The maximum Gasteiger partial charge on any atom is 0.270 e. The van der Waals surface area contributed by atoms with E-state index in [0.29, 0.717) is 5.69 Å². The van der Waals surface area contributed by atoms with E-state index in [1.807, 2.05) is 38.1 Å². The van der Waals surface area contributed by atoms with Crippen molar-refractivity contribution in [3.05, 3.63) is 66.0 Å². The standard InChI is InChI=1S/C17H20N2O/c1-17(2,12-11-14-8-4-3-5-9-14)19-16(20)15-10-6-7-13-18-15/h3-10,13H,11-12H2,1-2H3,(H,19,20). The Morgan fingerprint density at radius 2 is 1.80 bits per heavy atom. The Morgan fingerprint density at radius 1 is 1.10 bits per heavy atom. The van der Waals surface area contributed by atoms with Crippen LogP contribution in [-0.2, 0) is 6.42 Å². The highest BCUT2D eigenvalue weighted by Crippen LogP contribution is 2.14. The molecule has 1 aromatic heterocycles. The number of aryl methyl sites for hydroxylation is 1. The minimum atomic E-state index is -0.259. The molecule has 0 aliphatic rings. The second-order valence-corrected chi connectivity index (χ2v) is 5.54. The normalized spacial score (nSPS) is 11.1. The topological polar surface area (TPSA) is 42.0 Å². The van der Waals surface area contributed by atoms with E-state index in [-0.39, 0.29) is 11.4 Å². The van der Waals surface area contributed by atoms with Gasteiger partial charge in [-0.05, 0) is 44.4 Å². The van der Waals surface area contributed by atoms with E-state index in [1.165, 1.54) is 5.56 Å². The summed E-state index contributed by atoms with van der Waals surface area (Å²) < 4.78 is 0. The monoisotopic (exact) mass is 268 g/mol. The van der Waals surface area contributed by atoms with Crippen LogP contribution < -0.4 is 5.32 Å². The minimum Gasteiger partial charge on any atom is -0.346 e. The molecule has 3 heteroatoms. The van der Waals surface area contributed by atoms with E-state index in [9.17, 15) is 4.79 Å². The van der Waals surface area contributed by atoms with Gasteiger partial charge in [-0.25, -0.2) is 0 Å². The molecule has 2 rings (SSSR count). The van der Waals surface area contributed by atoms with E-state index < -0.39 is 0 Å². The van der Waals surface area contributed by atoms with Gasteiger partial charge in [0.2, 0.25) is 0 Å². The number of carbonyl (C=O) groups is 1. The number of hydrogen-bond acceptors (Lipinski definition) is 2. The zero-order chi connectivity index (χ0) is 14.4. The molecule has 0 radical (unpaired) electrons. The van der Waals surface area contributed by atoms with Crippen molar-refractivity contribution in [2.24, 2.45) is 0 Å². The first kappa shape index (κ1) is 14.3. The maximum atomic E-state index is 12.1. The zero-order valence-electron chi connectivity index (χ0n) is 12.0. The molecular formula is C17H20N2O. The Labute approximate surface area is 120 Å². The van der Waals surface area contributed by atoms with Gasteiger partial charge < -0.3 is 5.32 Å². The lowest BCUT2D eigenvalue weighted by Crippen LogP contribution is -2.44. The predicted molar refractivity (Wildman–Crippen MR) is 80.5 cm³/mol. The Morgan fingerprint density at radius 3 is 2.45 bits per heavy atom. The van der Waals surface area contributed by atoms with Crippen LogP contribution in [0.4, 0.5) is 0 Å². The van der Waals surface area contributed by atoms with Crippen molar-refractivity contribution in [2.75, 3.05) is 0 Å². The van der Waals surface area contributed by atoms with Crippen LogP contribution >= 0.6 is 0 Å². The van der Waals surface area contributed by atoms with Gasteiger partial charge in [0, 0.05) is 11.7 Å². The number of amides is 1. The lowest BCUT2D eigenvalue weighted by molar-refractivity contribution is 0.0904. The second-order valence-electron chi connectivity index (χ2n) is 5.54. The number of nitrogens with one attached hydrogen (secondary N) is 1. The summed E-state index contributed by atoms with van der Waals surface area (Å²) in [6.07, 6.45) is 3.46. The number of carbonyl (C=O) groups excluding carboxylic acids is 1. The average molecular weight is 268 g/mol. The molecule has 1 aromatic carbocycles. The highest BCUT2D eigenvalue weighted by atomic mass is 16.2. The predicted octanol–water partition coefficient (Wildman–Crippen LogP) is 3.22. The summed E-state index contributed by atoms with van der Waals surface area (Å²) in [5, 5.41) is 3.04. The molecule has 0 aliphatic carbocycles. The first-order valence-electron chi connectivity index (χ1n) is 6.84. The molecule has 1 amide bonds. The molecular weight excluding hydrogens is 248 g/mol. The molecule has 0 saturated carbocycles. The van der Waals surface area contributed by atoms with Gasteiger partial charge in [0.15, 0.2) is 0 Å². The highest BCUT2D eigenvalue weighted by molar-refractivity contribution is 5.92. The van der Waals surface area contributed by atoms with Crippen LogP contribution in [0.1, 0.15) is 36.3 Å². The molecule has 0 saturated heterocycles. The third-order valence-corrected chi connectivity index (χ3v) is 3.23. The van der Waals surface area contributed by atoms with E-state index in [4.69, 9.17) is 0 Å². The van der Waals surface area contributed by atoms with Crippen molar-refractivity contribution >= 4 is 5.91 Å². The van der Waals surface area contributed by atoms with Gasteiger partial charge in [-0.3, -0.25) is 9.78 Å². The van der Waals surface area contributed by atoms with Gasteiger partial charge in [0.25, 0.3) is 5.91 Å². The van der Waals surface area contributed by atoms with Crippen molar-refractivity contribution in [3.8, 4) is 0 Å². The fraction of sp³-hybridized carbons (Fsp3) is 0.294. The summed E-state index contributed by atoms with van der Waals surface area (Å²) in [6, 6.07) is 15.6. The van der Waals surface area contributed by atoms with Crippen LogP contribution in [0.15, 0.2) is 54.7 Å². The summed E-state index contributed by atoms with van der Waals surface area (Å²) in [5.74, 6) is -0.122. The number of hydrogen-bond donors (Lipinski definition) is 1. The van der Waals surface area contributed by atoms with Crippen molar-refractivity contribution in [1.29, 1.82) is 0 Å². The number of pyridine rings is 1. The number of nitrogens with zero attached hydrogens (tertiary/aromatic N) is 1. The van der Waals surface area contributed by atoms with Crippen LogP contribution in [-0.4, -0.2) is 16.4 Å². The molecule has 0 spiro atoms. The summed E-state index contributed by atoms with van der Waals surface area (Å²) in [6.45, 7) is 4.08. The van der Waals surface area contributed by atoms with Crippen molar-refractivity contribution in [1.82, 2.24) is 10.3 Å². The molecule has 104 valence electrons. The van der Waals surface area contributed by atoms with Gasteiger partial charge in [-0.1, -0.05) is 36.4 Å². The SMILES string of the molecule is CC(C)(CCc1ccccc1)NC(=O)c1ccccn1. The number of benzene rings is 1. The molecule has 1 N–H and O–H groups in total. The van der Waals surface area contributed by atoms with Crippen LogP contribution in [0.2, 0.25) is 0 Å². The zero-order valence-corrected chi connectivity index (χ0v) is 12.0. The van der Waals surface area contributed by atoms with Crippen LogP contribution in [0.5, 0.6) is 0 Å². The maximum absolute atomic E-state index is 12.1. The molecule has 3 nitrogen and oxygen atoms in total. The fourth-order valence-corrected chi connectivity index (χ4v) is 2.03. The Kier molecular flexibility index (Phi) is 4.51. The first-order valence-corrected chi connectivity index (χ1v) is 6.84. The quantitative estimate of drug-likeness (QED) is 0.904. The largest absolute Gasteiger partial charge is 0.346 e. The van der Waals surface area contributed by atoms with Crippen LogP contribution in [0, 0.1) is 0 Å².